The van der Waals surface area contributed by atoms with Crippen LogP contribution in [-0.2, 0) is 28.6 Å². The van der Waals surface area contributed by atoms with E-state index in [0.29, 0.717) is 23.7 Å². The van der Waals surface area contributed by atoms with E-state index < -0.39 is 20.2 Å². The van der Waals surface area contributed by atoms with Crippen molar-refractivity contribution in [2.24, 2.45) is 35.0 Å². The number of fused-ring (bicyclic) bond motifs is 3. The van der Waals surface area contributed by atoms with E-state index in [-0.39, 0.29) is 33.8 Å². The molecule has 0 bridgehead atoms. The van der Waals surface area contributed by atoms with Crippen LogP contribution in [0.5, 0.6) is 0 Å². The van der Waals surface area contributed by atoms with E-state index in [1.54, 1.807) is 48.5 Å². The first-order valence-corrected chi connectivity index (χ1v) is 17.2. The normalized spacial score (nSPS) is 32.9. The quantitative estimate of drug-likeness (QED) is 0.328. The summed E-state index contributed by atoms with van der Waals surface area (Å²) in [7, 11) is -7.66. The highest BCUT2D eigenvalue weighted by Gasteiger charge is 2.58. The number of benzene rings is 2. The van der Waals surface area contributed by atoms with E-state index in [2.05, 4.69) is 13.8 Å². The van der Waals surface area contributed by atoms with E-state index in [4.69, 9.17) is 8.37 Å². The van der Waals surface area contributed by atoms with Gasteiger partial charge >= 0.3 is 0 Å². The van der Waals surface area contributed by atoms with Gasteiger partial charge in [-0.1, -0.05) is 55.7 Å². The van der Waals surface area contributed by atoms with Crippen LogP contribution in [0.25, 0.3) is 0 Å². The van der Waals surface area contributed by atoms with Gasteiger partial charge in [-0.2, -0.15) is 16.8 Å². The molecule has 3 saturated carbocycles. The molecular weight excluding hydrogens is 532 g/mol. The lowest BCUT2D eigenvalue weighted by atomic mass is 9.52. The lowest BCUT2D eigenvalue weighted by Gasteiger charge is -2.54. The SMILES string of the molecule is CC[C@@H]1CC[C@@H]2[C@H](CC[C@]3(C)[C@@H](OS(=O)(=O)c4ccc(C)cc4)CC[C@@H]23)[C@H]1COS(=O)(=O)c1ccc(C)cc1. The molecule has 8 heteroatoms. The minimum Gasteiger partial charge on any atom is -0.266 e. The van der Waals surface area contributed by atoms with Crippen LogP contribution in [0.15, 0.2) is 58.3 Å². The first-order valence-electron chi connectivity index (χ1n) is 14.4. The monoisotopic (exact) mass is 574 g/mol. The second-order valence-electron chi connectivity index (χ2n) is 12.4. The number of hydrogen-bond donors (Lipinski definition) is 0. The molecule has 0 unspecified atom stereocenters. The van der Waals surface area contributed by atoms with Gasteiger partial charge in [0.05, 0.1) is 22.5 Å². The Balaban J connectivity index is 1.31. The Labute approximate surface area is 234 Å². The van der Waals surface area contributed by atoms with Crippen LogP contribution in [0.3, 0.4) is 0 Å². The van der Waals surface area contributed by atoms with Crippen molar-refractivity contribution in [1.29, 1.82) is 0 Å². The van der Waals surface area contributed by atoms with Gasteiger partial charge < -0.3 is 0 Å². The Morgan fingerprint density at radius 1 is 0.769 bits per heavy atom. The van der Waals surface area contributed by atoms with Crippen molar-refractivity contribution >= 4 is 20.2 Å². The highest BCUT2D eigenvalue weighted by atomic mass is 32.2. The van der Waals surface area contributed by atoms with Crippen LogP contribution < -0.4 is 0 Å². The Kier molecular flexibility index (Phi) is 8.06. The third-order valence-electron chi connectivity index (χ3n) is 10.2. The number of rotatable bonds is 8. The van der Waals surface area contributed by atoms with Gasteiger partial charge in [0.1, 0.15) is 0 Å². The topological polar surface area (TPSA) is 86.7 Å². The molecule has 0 radical (unpaired) electrons. The van der Waals surface area contributed by atoms with E-state index in [1.807, 2.05) is 13.8 Å². The van der Waals surface area contributed by atoms with E-state index in [9.17, 15) is 16.8 Å². The molecular formula is C31H42O6S2. The summed E-state index contributed by atoms with van der Waals surface area (Å²) in [6.45, 7) is 8.48. The molecule has 0 amide bonds. The van der Waals surface area contributed by atoms with Crippen molar-refractivity contribution in [3.8, 4) is 0 Å². The van der Waals surface area contributed by atoms with Crippen molar-refractivity contribution in [3.63, 3.8) is 0 Å². The zero-order valence-corrected chi connectivity index (χ0v) is 25.1. The Hall–Kier alpha value is -1.74. The Morgan fingerprint density at radius 2 is 1.36 bits per heavy atom. The van der Waals surface area contributed by atoms with Gasteiger partial charge in [0.2, 0.25) is 0 Å². The van der Waals surface area contributed by atoms with Crippen molar-refractivity contribution in [3.05, 3.63) is 59.7 Å². The summed E-state index contributed by atoms with van der Waals surface area (Å²) in [5.41, 5.74) is 1.80. The van der Waals surface area contributed by atoms with E-state index in [1.165, 1.54) is 0 Å². The Morgan fingerprint density at radius 3 is 1.95 bits per heavy atom. The molecule has 0 aromatic heterocycles. The first-order chi connectivity index (χ1) is 18.4. The smallest absolute Gasteiger partial charge is 0.266 e. The molecule has 3 aliphatic rings. The second-order valence-corrected chi connectivity index (χ2v) is 15.6. The molecule has 0 saturated heterocycles. The van der Waals surface area contributed by atoms with Crippen LogP contribution in [0.4, 0.5) is 0 Å². The maximum Gasteiger partial charge on any atom is 0.297 e. The van der Waals surface area contributed by atoms with Gasteiger partial charge in [0, 0.05) is 0 Å². The van der Waals surface area contributed by atoms with Crippen LogP contribution in [0.1, 0.15) is 69.9 Å². The highest BCUT2D eigenvalue weighted by molar-refractivity contribution is 7.87. The second kappa shape index (κ2) is 10.9. The van der Waals surface area contributed by atoms with Crippen molar-refractivity contribution in [2.75, 3.05) is 6.61 Å². The van der Waals surface area contributed by atoms with Crippen LogP contribution in [0, 0.1) is 48.9 Å². The first kappa shape index (κ1) is 28.8. The highest BCUT2D eigenvalue weighted by Crippen LogP contribution is 2.62. The summed E-state index contributed by atoms with van der Waals surface area (Å²) in [5, 5.41) is 0. The molecule has 0 spiro atoms. The van der Waals surface area contributed by atoms with Crippen molar-refractivity contribution in [1.82, 2.24) is 0 Å². The van der Waals surface area contributed by atoms with Gasteiger partial charge in [-0.05, 0) is 112 Å². The molecule has 3 fully saturated rings. The molecule has 7 atom stereocenters. The van der Waals surface area contributed by atoms with Crippen LogP contribution in [-0.4, -0.2) is 29.5 Å². The van der Waals surface area contributed by atoms with Gasteiger partial charge in [0.25, 0.3) is 20.2 Å². The molecule has 214 valence electrons. The van der Waals surface area contributed by atoms with E-state index in [0.717, 1.165) is 56.1 Å². The third-order valence-corrected chi connectivity index (χ3v) is 12.9. The molecule has 6 nitrogen and oxygen atoms in total. The average molecular weight is 575 g/mol. The fourth-order valence-electron chi connectivity index (χ4n) is 7.96. The predicted molar refractivity (Wildman–Crippen MR) is 151 cm³/mol. The van der Waals surface area contributed by atoms with Crippen LogP contribution >= 0.6 is 0 Å². The van der Waals surface area contributed by atoms with Gasteiger partial charge in [0.15, 0.2) is 0 Å². The zero-order chi connectivity index (χ0) is 28.0. The molecule has 5 rings (SSSR count). The third kappa shape index (κ3) is 5.59. The molecule has 0 N–H and O–H groups in total. The number of hydrogen-bond acceptors (Lipinski definition) is 6. The zero-order valence-electron chi connectivity index (χ0n) is 23.5. The van der Waals surface area contributed by atoms with E-state index >= 15 is 0 Å². The molecule has 0 heterocycles. The van der Waals surface area contributed by atoms with Crippen molar-refractivity contribution in [2.45, 2.75) is 88.5 Å². The standard InChI is InChI=1S/C31H42O6S2/c1-5-23-10-15-27-26(28(23)20-36-38(32,33)24-11-6-21(2)7-12-24)18-19-31(4)29(27)16-17-30(31)37-39(34,35)25-13-8-22(3)9-14-25/h6-9,11-14,23,26-30H,5,10,15-20H2,1-4H3/t23-,26+,27-,28+,29+,30+,31+/m1/s1. The van der Waals surface area contributed by atoms with Crippen LogP contribution in [0.2, 0.25) is 0 Å². The lowest BCUT2D eigenvalue weighted by Crippen LogP contribution is -2.50. The largest absolute Gasteiger partial charge is 0.297 e. The molecule has 3 aliphatic carbocycles. The molecule has 0 aliphatic heterocycles. The fraction of sp³-hybridized carbons (Fsp3) is 0.613. The summed E-state index contributed by atoms with van der Waals surface area (Å²) < 4.78 is 64.0. The summed E-state index contributed by atoms with van der Waals surface area (Å²) in [6.07, 6.45) is 6.31. The number of aryl methyl sites for hydroxylation is 2. The maximum absolute atomic E-state index is 13.2. The van der Waals surface area contributed by atoms with Gasteiger partial charge in [-0.25, -0.2) is 0 Å². The maximum atomic E-state index is 13.2. The summed E-state index contributed by atoms with van der Waals surface area (Å²) in [6, 6.07) is 13.7. The predicted octanol–water partition coefficient (Wildman–Crippen LogP) is 6.66. The summed E-state index contributed by atoms with van der Waals surface area (Å²) in [4.78, 5) is 0.416. The lowest BCUT2D eigenvalue weighted by molar-refractivity contribution is -0.0747. The fourth-order valence-corrected chi connectivity index (χ4v) is 10.1. The summed E-state index contributed by atoms with van der Waals surface area (Å²) >= 11 is 0. The molecule has 2 aromatic carbocycles. The van der Waals surface area contributed by atoms with Crippen molar-refractivity contribution < 1.29 is 25.2 Å². The van der Waals surface area contributed by atoms with Gasteiger partial charge in [-0.15, -0.1) is 0 Å². The minimum absolute atomic E-state index is 0.176. The summed E-state index contributed by atoms with van der Waals surface area (Å²) in [5.74, 6) is 1.78. The minimum atomic E-state index is -3.84. The average Bonchev–Trinajstić information content (AvgIpc) is 3.23. The molecule has 2 aromatic rings. The van der Waals surface area contributed by atoms with Gasteiger partial charge in [-0.3, -0.25) is 8.37 Å². The molecule has 39 heavy (non-hydrogen) atoms. The Bertz CT molecular complexity index is 1370.